The molecule has 30 heavy (non-hydrogen) atoms. The van der Waals surface area contributed by atoms with Gasteiger partial charge in [-0.2, -0.15) is 18.2 Å². The van der Waals surface area contributed by atoms with Crippen molar-refractivity contribution in [3.8, 4) is 5.88 Å². The van der Waals surface area contributed by atoms with Crippen LogP contribution in [-0.4, -0.2) is 48.9 Å². The van der Waals surface area contributed by atoms with Gasteiger partial charge in [0.15, 0.2) is 0 Å². The quantitative estimate of drug-likeness (QED) is 0.629. The van der Waals surface area contributed by atoms with E-state index in [1.807, 2.05) is 0 Å². The van der Waals surface area contributed by atoms with E-state index in [4.69, 9.17) is 14.6 Å². The summed E-state index contributed by atoms with van der Waals surface area (Å²) in [5, 5.41) is 17.7. The van der Waals surface area contributed by atoms with Crippen LogP contribution in [0.5, 0.6) is 5.88 Å². The highest BCUT2D eigenvalue weighted by molar-refractivity contribution is 7.89. The molecule has 9 nitrogen and oxygen atoms in total. The molecule has 3 rings (SSSR count). The Morgan fingerprint density at radius 2 is 2.10 bits per heavy atom. The van der Waals surface area contributed by atoms with Gasteiger partial charge < -0.3 is 19.9 Å². The zero-order valence-corrected chi connectivity index (χ0v) is 16.5. The average molecular weight is 448 g/mol. The zero-order valence-electron chi connectivity index (χ0n) is 15.7. The van der Waals surface area contributed by atoms with Crippen LogP contribution in [0.15, 0.2) is 29.3 Å². The topological polar surface area (TPSA) is 137 Å². The predicted molar refractivity (Wildman–Crippen MR) is 98.7 cm³/mol. The Morgan fingerprint density at radius 1 is 1.37 bits per heavy atom. The van der Waals surface area contributed by atoms with Crippen molar-refractivity contribution in [2.24, 2.45) is 5.14 Å². The Balaban J connectivity index is 1.90. The standard InChI is InChI=1S/C17H19F3N4O5S/c1-9-6-10(2-3-14(9)30(21,26)27)23-16-22-7-11(17(18,19)20)15(24-16)29-13-4-5-28-8-12(13)25/h2-3,6-7,12-13,25H,4-5,8H2,1H3,(H2,21,26,27)(H,22,23,24). The summed E-state index contributed by atoms with van der Waals surface area (Å²) in [4.78, 5) is 7.38. The minimum Gasteiger partial charge on any atom is -0.471 e. The van der Waals surface area contributed by atoms with Crippen molar-refractivity contribution in [2.45, 2.75) is 36.6 Å². The minimum absolute atomic E-state index is 0.0577. The highest BCUT2D eigenvalue weighted by Crippen LogP contribution is 2.36. The highest BCUT2D eigenvalue weighted by Gasteiger charge is 2.38. The molecule has 1 fully saturated rings. The highest BCUT2D eigenvalue weighted by atomic mass is 32.2. The van der Waals surface area contributed by atoms with Crippen LogP contribution in [0.4, 0.5) is 24.8 Å². The van der Waals surface area contributed by atoms with Crippen LogP contribution in [0, 0.1) is 6.92 Å². The van der Waals surface area contributed by atoms with E-state index in [-0.39, 0.29) is 30.5 Å². The van der Waals surface area contributed by atoms with E-state index in [1.54, 1.807) is 0 Å². The van der Waals surface area contributed by atoms with Crippen LogP contribution < -0.4 is 15.2 Å². The third kappa shape index (κ3) is 5.16. The first-order valence-electron chi connectivity index (χ1n) is 8.72. The molecule has 1 saturated heterocycles. The molecule has 1 aliphatic heterocycles. The van der Waals surface area contributed by atoms with Gasteiger partial charge in [0.05, 0.1) is 18.1 Å². The van der Waals surface area contributed by atoms with E-state index >= 15 is 0 Å². The third-order valence-electron chi connectivity index (χ3n) is 4.32. The second-order valence-electron chi connectivity index (χ2n) is 6.65. The zero-order chi connectivity index (χ0) is 22.1. The molecule has 2 atom stereocenters. The Kier molecular flexibility index (Phi) is 6.17. The fourth-order valence-corrected chi connectivity index (χ4v) is 3.64. The average Bonchev–Trinajstić information content (AvgIpc) is 2.62. The Hall–Kier alpha value is -2.48. The van der Waals surface area contributed by atoms with Gasteiger partial charge in [0.25, 0.3) is 0 Å². The maximum Gasteiger partial charge on any atom is 0.423 e. The second kappa shape index (κ2) is 8.34. The molecule has 0 bridgehead atoms. The molecule has 2 heterocycles. The molecule has 2 aromatic rings. The summed E-state index contributed by atoms with van der Waals surface area (Å²) in [5.74, 6) is -0.939. The number of ether oxygens (including phenoxy) is 2. The normalized spacial score (nSPS) is 20.1. The second-order valence-corrected chi connectivity index (χ2v) is 8.18. The summed E-state index contributed by atoms with van der Waals surface area (Å²) >= 11 is 0. The maximum absolute atomic E-state index is 13.3. The minimum atomic E-state index is -4.77. The summed E-state index contributed by atoms with van der Waals surface area (Å²) in [6, 6.07) is 4.06. The van der Waals surface area contributed by atoms with E-state index in [2.05, 4.69) is 15.3 Å². The van der Waals surface area contributed by atoms with E-state index < -0.39 is 39.9 Å². The number of primary sulfonamides is 1. The van der Waals surface area contributed by atoms with Crippen LogP contribution in [0.1, 0.15) is 17.5 Å². The smallest absolute Gasteiger partial charge is 0.423 e. The molecule has 13 heteroatoms. The molecule has 1 aliphatic rings. The fraction of sp³-hybridized carbons (Fsp3) is 0.412. The van der Waals surface area contributed by atoms with Gasteiger partial charge >= 0.3 is 6.18 Å². The number of hydrogen-bond donors (Lipinski definition) is 3. The van der Waals surface area contributed by atoms with Gasteiger partial charge in [0, 0.05) is 18.3 Å². The van der Waals surface area contributed by atoms with Gasteiger partial charge in [0.2, 0.25) is 21.9 Å². The van der Waals surface area contributed by atoms with E-state index in [1.165, 1.54) is 25.1 Å². The number of aryl methyl sites for hydroxylation is 1. The van der Waals surface area contributed by atoms with Crippen LogP contribution >= 0.6 is 0 Å². The molecular formula is C17H19F3N4O5S. The molecule has 164 valence electrons. The van der Waals surface area contributed by atoms with Gasteiger partial charge in [-0.3, -0.25) is 0 Å². The fourth-order valence-electron chi connectivity index (χ4n) is 2.87. The number of anilines is 2. The number of aliphatic hydroxyl groups excluding tert-OH is 1. The van der Waals surface area contributed by atoms with Crippen LogP contribution in [0.3, 0.4) is 0 Å². The van der Waals surface area contributed by atoms with Gasteiger partial charge in [-0.05, 0) is 30.7 Å². The lowest BCUT2D eigenvalue weighted by Crippen LogP contribution is -2.41. The molecule has 1 aromatic heterocycles. The summed E-state index contributed by atoms with van der Waals surface area (Å²) in [6.45, 7) is 1.69. The molecular weight excluding hydrogens is 429 g/mol. The van der Waals surface area contributed by atoms with Crippen molar-refractivity contribution < 1.29 is 36.2 Å². The molecule has 0 spiro atoms. The Morgan fingerprint density at radius 3 is 2.70 bits per heavy atom. The first-order chi connectivity index (χ1) is 13.9. The van der Waals surface area contributed by atoms with Crippen molar-refractivity contribution in [1.82, 2.24) is 9.97 Å². The van der Waals surface area contributed by atoms with Gasteiger partial charge in [-0.1, -0.05) is 0 Å². The number of hydrogen-bond acceptors (Lipinski definition) is 8. The van der Waals surface area contributed by atoms with Gasteiger partial charge in [-0.25, -0.2) is 18.5 Å². The molecule has 0 radical (unpaired) electrons. The first kappa shape index (κ1) is 22.2. The number of alkyl halides is 3. The first-order valence-corrected chi connectivity index (χ1v) is 10.3. The molecule has 0 aliphatic carbocycles. The predicted octanol–water partition coefficient (Wildman–Crippen LogP) is 1.72. The number of halogens is 3. The van der Waals surface area contributed by atoms with Crippen LogP contribution in [-0.2, 0) is 20.9 Å². The molecule has 0 saturated carbocycles. The van der Waals surface area contributed by atoms with Crippen molar-refractivity contribution in [3.63, 3.8) is 0 Å². The van der Waals surface area contributed by atoms with E-state index in [9.17, 15) is 26.7 Å². The lowest BCUT2D eigenvalue weighted by atomic mass is 10.1. The number of nitrogens with zero attached hydrogens (tertiary/aromatic N) is 2. The lowest BCUT2D eigenvalue weighted by Gasteiger charge is -2.28. The monoisotopic (exact) mass is 448 g/mol. The van der Waals surface area contributed by atoms with Gasteiger partial charge in [-0.15, -0.1) is 0 Å². The largest absolute Gasteiger partial charge is 0.471 e. The summed E-state index contributed by atoms with van der Waals surface area (Å²) in [5.41, 5.74) is -0.527. The Labute approximate surface area is 170 Å². The summed E-state index contributed by atoms with van der Waals surface area (Å²) < 4.78 is 73.4. The van der Waals surface area contributed by atoms with Crippen molar-refractivity contribution in [2.75, 3.05) is 18.5 Å². The number of sulfonamides is 1. The molecule has 4 N–H and O–H groups in total. The van der Waals surface area contributed by atoms with E-state index in [0.29, 0.717) is 17.4 Å². The number of nitrogens with two attached hydrogens (primary N) is 1. The Bertz CT molecular complexity index is 1030. The number of rotatable bonds is 5. The molecule has 0 amide bonds. The number of benzene rings is 1. The third-order valence-corrected chi connectivity index (χ3v) is 5.40. The van der Waals surface area contributed by atoms with Crippen LogP contribution in [0.2, 0.25) is 0 Å². The number of nitrogens with one attached hydrogen (secondary N) is 1. The van der Waals surface area contributed by atoms with Crippen molar-refractivity contribution >= 4 is 21.7 Å². The SMILES string of the molecule is Cc1cc(Nc2ncc(C(F)(F)F)c(OC3CCOCC3O)n2)ccc1S(N)(=O)=O. The lowest BCUT2D eigenvalue weighted by molar-refractivity contribution is -0.141. The van der Waals surface area contributed by atoms with E-state index in [0.717, 1.165) is 0 Å². The molecule has 1 aromatic carbocycles. The number of aliphatic hydroxyl groups is 1. The maximum atomic E-state index is 13.3. The van der Waals surface area contributed by atoms with Crippen molar-refractivity contribution in [1.29, 1.82) is 0 Å². The summed E-state index contributed by atoms with van der Waals surface area (Å²) in [7, 11) is -3.91. The van der Waals surface area contributed by atoms with Crippen LogP contribution in [0.25, 0.3) is 0 Å². The van der Waals surface area contributed by atoms with Crippen molar-refractivity contribution in [3.05, 3.63) is 35.5 Å². The number of aromatic nitrogens is 2. The summed E-state index contributed by atoms with van der Waals surface area (Å²) in [6.07, 6.45) is -6.02. The van der Waals surface area contributed by atoms with Gasteiger partial charge in [0.1, 0.15) is 17.8 Å². The molecule has 2 unspecified atom stereocenters.